The first-order valence-electron chi connectivity index (χ1n) is 10.1. The maximum absolute atomic E-state index is 13.6. The summed E-state index contributed by atoms with van der Waals surface area (Å²) < 4.78 is 55.0. The van der Waals surface area contributed by atoms with Crippen molar-refractivity contribution in [1.29, 1.82) is 0 Å². The fourth-order valence-corrected chi connectivity index (χ4v) is 5.99. The number of alkyl halides is 2. The van der Waals surface area contributed by atoms with Crippen molar-refractivity contribution in [3.8, 4) is 22.5 Å². The Labute approximate surface area is 195 Å². The van der Waals surface area contributed by atoms with Crippen molar-refractivity contribution in [1.82, 2.24) is 19.6 Å². The minimum absolute atomic E-state index is 0.153. The molecule has 3 heterocycles. The maximum atomic E-state index is 13.6. The van der Waals surface area contributed by atoms with E-state index in [9.17, 15) is 17.2 Å². The Bertz CT molecular complexity index is 1430. The monoisotopic (exact) mass is 490 g/mol. The molecule has 0 aliphatic carbocycles. The smallest absolute Gasteiger partial charge is 0.281 e. The van der Waals surface area contributed by atoms with E-state index in [0.29, 0.717) is 5.52 Å². The van der Waals surface area contributed by atoms with Crippen LogP contribution in [0.15, 0.2) is 59.8 Å². The van der Waals surface area contributed by atoms with Gasteiger partial charge in [0.2, 0.25) is 0 Å². The van der Waals surface area contributed by atoms with Crippen LogP contribution in [0.1, 0.15) is 32.9 Å². The topological polar surface area (TPSA) is 77.2 Å². The number of sulfone groups is 1. The fraction of sp³-hybridized carbons (Fsp3) is 0.261. The molecule has 1 aromatic carbocycles. The SMILES string of the molecule is CC(C)(C)CS(=O)(=O)c1cc(-c2nnc(Cl)c3c(-c4ccccc4)ccn23)cnc1C(F)F. The minimum Gasteiger partial charge on any atom is -0.296 e. The van der Waals surface area contributed by atoms with E-state index in [0.717, 1.165) is 11.1 Å². The Balaban J connectivity index is 1.93. The van der Waals surface area contributed by atoms with Crippen LogP contribution in [0, 0.1) is 5.41 Å². The Morgan fingerprint density at radius 1 is 1.06 bits per heavy atom. The van der Waals surface area contributed by atoms with Gasteiger partial charge in [0.05, 0.1) is 16.2 Å². The first-order chi connectivity index (χ1) is 15.5. The minimum atomic E-state index is -4.05. The summed E-state index contributed by atoms with van der Waals surface area (Å²) >= 11 is 6.35. The van der Waals surface area contributed by atoms with E-state index in [4.69, 9.17) is 11.6 Å². The van der Waals surface area contributed by atoms with Crippen molar-refractivity contribution in [2.24, 2.45) is 5.41 Å². The lowest BCUT2D eigenvalue weighted by Crippen LogP contribution is -2.22. The number of nitrogens with zero attached hydrogens (tertiary/aromatic N) is 4. The first-order valence-corrected chi connectivity index (χ1v) is 12.1. The number of rotatable bonds is 5. The van der Waals surface area contributed by atoms with E-state index < -0.39 is 32.3 Å². The van der Waals surface area contributed by atoms with Gasteiger partial charge in [0, 0.05) is 23.5 Å². The highest BCUT2D eigenvalue weighted by atomic mass is 35.5. The molecule has 3 aromatic heterocycles. The summed E-state index contributed by atoms with van der Waals surface area (Å²) in [6.45, 7) is 5.18. The summed E-state index contributed by atoms with van der Waals surface area (Å²) in [4.78, 5) is 3.29. The van der Waals surface area contributed by atoms with Gasteiger partial charge in [-0.15, -0.1) is 10.2 Å². The largest absolute Gasteiger partial charge is 0.296 e. The van der Waals surface area contributed by atoms with Crippen LogP contribution in [0.3, 0.4) is 0 Å². The highest BCUT2D eigenvalue weighted by Crippen LogP contribution is 2.35. The summed E-state index contributed by atoms with van der Waals surface area (Å²) in [7, 11) is -4.05. The quantitative estimate of drug-likeness (QED) is 0.349. The normalized spacial score (nSPS) is 12.6. The van der Waals surface area contributed by atoms with E-state index in [1.165, 1.54) is 12.3 Å². The van der Waals surface area contributed by atoms with E-state index in [2.05, 4.69) is 15.2 Å². The number of hydrogen-bond acceptors (Lipinski definition) is 5. The van der Waals surface area contributed by atoms with Crippen molar-refractivity contribution in [3.63, 3.8) is 0 Å². The van der Waals surface area contributed by atoms with Crippen LogP contribution in [0.4, 0.5) is 8.78 Å². The predicted octanol–water partition coefficient (Wildman–Crippen LogP) is 5.87. The molecule has 6 nitrogen and oxygen atoms in total. The Kier molecular flexibility index (Phi) is 5.96. The molecular formula is C23H21ClF2N4O2S. The van der Waals surface area contributed by atoms with Crippen LogP contribution in [0.2, 0.25) is 5.15 Å². The summed E-state index contributed by atoms with van der Waals surface area (Å²) in [5, 5.41) is 8.29. The number of fused-ring (bicyclic) bond motifs is 1. The molecule has 0 bridgehead atoms. The molecule has 0 radical (unpaired) electrons. The Morgan fingerprint density at radius 3 is 2.39 bits per heavy atom. The summed E-state index contributed by atoms with van der Waals surface area (Å²) in [6, 6.07) is 12.5. The lowest BCUT2D eigenvalue weighted by molar-refractivity contribution is 0.142. The molecule has 33 heavy (non-hydrogen) atoms. The van der Waals surface area contributed by atoms with Crippen molar-refractivity contribution in [2.45, 2.75) is 32.1 Å². The highest BCUT2D eigenvalue weighted by Gasteiger charge is 2.30. The molecule has 0 unspecified atom stereocenters. The molecule has 4 rings (SSSR count). The molecule has 0 aliphatic heterocycles. The summed E-state index contributed by atoms with van der Waals surface area (Å²) in [6.07, 6.45) is -0.147. The average Bonchev–Trinajstić information content (AvgIpc) is 3.19. The number of aromatic nitrogens is 4. The van der Waals surface area contributed by atoms with Gasteiger partial charge in [-0.1, -0.05) is 62.7 Å². The molecular weight excluding hydrogens is 470 g/mol. The number of pyridine rings is 1. The van der Waals surface area contributed by atoms with E-state index in [1.807, 2.05) is 36.4 Å². The molecule has 0 aliphatic rings. The summed E-state index contributed by atoms with van der Waals surface area (Å²) in [5.74, 6) is -0.0778. The molecule has 0 spiro atoms. The second kappa shape index (κ2) is 8.46. The number of benzene rings is 1. The van der Waals surface area contributed by atoms with Gasteiger partial charge in [-0.25, -0.2) is 17.2 Å². The zero-order valence-electron chi connectivity index (χ0n) is 18.1. The second-order valence-corrected chi connectivity index (χ2v) is 11.2. The molecule has 0 amide bonds. The van der Waals surface area contributed by atoms with Crippen molar-refractivity contribution in [3.05, 3.63) is 65.7 Å². The van der Waals surface area contributed by atoms with Crippen LogP contribution >= 0.6 is 11.6 Å². The third-order valence-corrected chi connectivity index (χ3v) is 7.43. The Morgan fingerprint density at radius 2 is 1.76 bits per heavy atom. The zero-order chi connectivity index (χ0) is 24.0. The Hall–Kier alpha value is -2.91. The molecule has 0 atom stereocenters. The standard InChI is InChI=1S/C23H21ClF2N4O2S/c1-23(2,3)13-33(31,32)17-11-15(12-27-18(17)21(25)26)22-29-28-20(24)19-16(9-10-30(19)22)14-7-5-4-6-8-14/h4-12,21H,13H2,1-3H3. The molecule has 0 N–H and O–H groups in total. The van der Waals surface area contributed by atoms with Gasteiger partial charge in [0.1, 0.15) is 5.69 Å². The van der Waals surface area contributed by atoms with Crippen LogP contribution in [0.25, 0.3) is 28.0 Å². The van der Waals surface area contributed by atoms with Crippen molar-refractivity contribution >= 4 is 27.0 Å². The van der Waals surface area contributed by atoms with Crippen LogP contribution in [-0.4, -0.2) is 33.8 Å². The third-order valence-electron chi connectivity index (χ3n) is 4.93. The van der Waals surface area contributed by atoms with Crippen molar-refractivity contribution < 1.29 is 17.2 Å². The zero-order valence-corrected chi connectivity index (χ0v) is 19.7. The predicted molar refractivity (Wildman–Crippen MR) is 123 cm³/mol. The van der Waals surface area contributed by atoms with Gasteiger partial charge < -0.3 is 0 Å². The number of hydrogen-bond donors (Lipinski definition) is 0. The summed E-state index contributed by atoms with van der Waals surface area (Å²) in [5.41, 5.74) is 1.09. The van der Waals surface area contributed by atoms with E-state index in [1.54, 1.807) is 31.4 Å². The molecule has 10 heteroatoms. The van der Waals surface area contributed by atoms with Gasteiger partial charge in [-0.3, -0.25) is 9.38 Å². The molecule has 4 aromatic rings. The first kappa shape index (κ1) is 23.3. The van der Waals surface area contributed by atoms with E-state index in [-0.39, 0.29) is 22.3 Å². The van der Waals surface area contributed by atoms with Gasteiger partial charge in [0.25, 0.3) is 6.43 Å². The van der Waals surface area contributed by atoms with Crippen LogP contribution in [-0.2, 0) is 9.84 Å². The van der Waals surface area contributed by atoms with Crippen LogP contribution < -0.4 is 0 Å². The molecule has 172 valence electrons. The van der Waals surface area contributed by atoms with Gasteiger partial charge in [-0.05, 0) is 23.1 Å². The average molecular weight is 491 g/mol. The van der Waals surface area contributed by atoms with Gasteiger partial charge in [-0.2, -0.15) is 0 Å². The van der Waals surface area contributed by atoms with E-state index >= 15 is 0 Å². The molecule has 0 fully saturated rings. The maximum Gasteiger partial charge on any atom is 0.281 e. The fourth-order valence-electron chi connectivity index (χ4n) is 3.69. The van der Waals surface area contributed by atoms with Crippen molar-refractivity contribution in [2.75, 3.05) is 5.75 Å². The number of halogens is 3. The lowest BCUT2D eigenvalue weighted by atomic mass is 10.0. The van der Waals surface area contributed by atoms with Crippen LogP contribution in [0.5, 0.6) is 0 Å². The third kappa shape index (κ3) is 4.60. The molecule has 0 saturated heterocycles. The highest BCUT2D eigenvalue weighted by molar-refractivity contribution is 7.91. The van der Waals surface area contributed by atoms with Gasteiger partial charge >= 0.3 is 0 Å². The van der Waals surface area contributed by atoms with Gasteiger partial charge in [0.15, 0.2) is 20.8 Å². The molecule has 0 saturated carbocycles. The lowest BCUT2D eigenvalue weighted by Gasteiger charge is -2.19. The second-order valence-electron chi connectivity index (χ2n) is 8.86.